The van der Waals surface area contributed by atoms with Gasteiger partial charge in [0.15, 0.2) is 0 Å². The van der Waals surface area contributed by atoms with Crippen LogP contribution in [0.2, 0.25) is 0 Å². The Balaban J connectivity index is 2.09. The Hall–Kier alpha value is -1.57. The van der Waals surface area contributed by atoms with Crippen molar-refractivity contribution >= 4 is 23.6 Å². The molecule has 0 aliphatic carbocycles. The summed E-state index contributed by atoms with van der Waals surface area (Å²) < 4.78 is -0.420. The molecule has 26 heavy (non-hydrogen) atoms. The van der Waals surface area contributed by atoms with E-state index >= 15 is 0 Å². The van der Waals surface area contributed by atoms with Crippen LogP contribution in [-0.2, 0) is 16.0 Å². The normalized spacial score (nSPS) is 21.3. The molecular formula is C19H29N3O3S. The number of nitrogens with two attached hydrogens (primary N) is 1. The Bertz CT molecular complexity index is 624. The molecule has 1 aromatic rings. The fraction of sp³-hybridized carbons (Fsp3) is 0.579. The highest BCUT2D eigenvalue weighted by molar-refractivity contribution is 8.00. The first-order valence-corrected chi connectivity index (χ1v) is 9.96. The van der Waals surface area contributed by atoms with E-state index in [2.05, 4.69) is 5.32 Å². The number of nitrogens with one attached hydrogen (secondary N) is 1. The minimum Gasteiger partial charge on any atom is -0.382 e. The number of hydrogen-bond donors (Lipinski definition) is 3. The zero-order valence-corrected chi connectivity index (χ0v) is 16.5. The van der Waals surface area contributed by atoms with Gasteiger partial charge in [-0.15, -0.1) is 11.8 Å². The monoisotopic (exact) mass is 379 g/mol. The Labute approximate surface area is 159 Å². The lowest BCUT2D eigenvalue weighted by Gasteiger charge is -2.32. The molecule has 4 N–H and O–H groups in total. The van der Waals surface area contributed by atoms with Gasteiger partial charge in [-0.3, -0.25) is 9.59 Å². The van der Waals surface area contributed by atoms with Crippen molar-refractivity contribution in [1.29, 1.82) is 0 Å². The predicted octanol–water partition coefficient (Wildman–Crippen LogP) is 1.12. The number of aliphatic hydroxyl groups is 1. The van der Waals surface area contributed by atoms with Crippen molar-refractivity contribution in [3.63, 3.8) is 0 Å². The maximum absolute atomic E-state index is 12.9. The van der Waals surface area contributed by atoms with Gasteiger partial charge in [-0.05, 0) is 32.3 Å². The molecule has 1 unspecified atom stereocenters. The van der Waals surface area contributed by atoms with Gasteiger partial charge in [-0.25, -0.2) is 0 Å². The van der Waals surface area contributed by atoms with E-state index in [0.717, 1.165) is 12.0 Å². The van der Waals surface area contributed by atoms with Gasteiger partial charge >= 0.3 is 0 Å². The first kappa shape index (κ1) is 20.7. The Morgan fingerprint density at radius 2 is 2.04 bits per heavy atom. The Kier molecular flexibility index (Phi) is 7.08. The summed E-state index contributed by atoms with van der Waals surface area (Å²) in [5, 5.41) is 13.4. The molecule has 2 amide bonds. The van der Waals surface area contributed by atoms with E-state index in [1.165, 1.54) is 16.7 Å². The van der Waals surface area contributed by atoms with E-state index in [-0.39, 0.29) is 5.91 Å². The molecule has 0 aromatic heterocycles. The zero-order valence-electron chi connectivity index (χ0n) is 15.6. The van der Waals surface area contributed by atoms with Crippen LogP contribution in [0.1, 0.15) is 32.8 Å². The minimum atomic E-state index is -1.34. The minimum absolute atomic E-state index is 0.181. The van der Waals surface area contributed by atoms with Crippen LogP contribution < -0.4 is 11.1 Å². The van der Waals surface area contributed by atoms with E-state index in [4.69, 9.17) is 5.73 Å². The van der Waals surface area contributed by atoms with Crippen LogP contribution in [-0.4, -0.2) is 57.2 Å². The summed E-state index contributed by atoms with van der Waals surface area (Å²) >= 11 is 1.53. The highest BCUT2D eigenvalue weighted by atomic mass is 32.2. The van der Waals surface area contributed by atoms with Crippen LogP contribution in [0.4, 0.5) is 0 Å². The molecule has 144 valence electrons. The second kappa shape index (κ2) is 8.88. The lowest BCUT2D eigenvalue weighted by molar-refractivity contribution is -0.146. The van der Waals surface area contributed by atoms with Gasteiger partial charge in [0.2, 0.25) is 5.91 Å². The third kappa shape index (κ3) is 4.78. The van der Waals surface area contributed by atoms with E-state index in [1.807, 2.05) is 51.1 Å². The van der Waals surface area contributed by atoms with Gasteiger partial charge in [0.25, 0.3) is 5.91 Å². The van der Waals surface area contributed by atoms with E-state index in [1.54, 1.807) is 0 Å². The van der Waals surface area contributed by atoms with Crippen LogP contribution in [0.3, 0.4) is 0 Å². The summed E-state index contributed by atoms with van der Waals surface area (Å²) in [6.45, 7) is 6.42. The number of carbonyl (C=O) groups excluding carboxylic acids is 2. The van der Waals surface area contributed by atoms with Crippen LogP contribution in [0.25, 0.3) is 0 Å². The fourth-order valence-electron chi connectivity index (χ4n) is 3.11. The number of aliphatic hydroxyl groups excluding tert-OH is 1. The topological polar surface area (TPSA) is 95.7 Å². The standard InChI is InChI=1S/C19H29N3O3S/c1-4-10-21-17(24)16-19(2,3)26-12-22(16)18(25)15(23)14(20)11-13-8-6-5-7-9-13/h5-9,14-16,23H,4,10-12,20H2,1-3H3,(H,21,24)/t14-,15-,16?/m0/s1. The van der Waals surface area contributed by atoms with Crippen molar-refractivity contribution in [1.82, 2.24) is 10.2 Å². The van der Waals surface area contributed by atoms with Crippen molar-refractivity contribution < 1.29 is 14.7 Å². The van der Waals surface area contributed by atoms with Crippen molar-refractivity contribution in [3.05, 3.63) is 35.9 Å². The lowest BCUT2D eigenvalue weighted by atomic mass is 9.97. The van der Waals surface area contributed by atoms with Crippen LogP contribution in [0.5, 0.6) is 0 Å². The number of hydrogen-bond acceptors (Lipinski definition) is 5. The van der Waals surface area contributed by atoms with Crippen LogP contribution >= 0.6 is 11.8 Å². The number of amides is 2. The number of rotatable bonds is 7. The Morgan fingerprint density at radius 3 is 2.65 bits per heavy atom. The number of nitrogens with zero attached hydrogens (tertiary/aromatic N) is 1. The summed E-state index contributed by atoms with van der Waals surface area (Å²) in [4.78, 5) is 26.9. The highest BCUT2D eigenvalue weighted by Crippen LogP contribution is 2.39. The SMILES string of the molecule is CCCNC(=O)C1N(C(=O)[C@@H](O)[C@@H](N)Cc2ccccc2)CSC1(C)C. The largest absolute Gasteiger partial charge is 0.382 e. The van der Waals surface area contributed by atoms with Gasteiger partial charge in [-0.1, -0.05) is 37.3 Å². The first-order chi connectivity index (χ1) is 12.3. The fourth-order valence-corrected chi connectivity index (χ4v) is 4.25. The molecule has 2 rings (SSSR count). The van der Waals surface area contributed by atoms with Crippen LogP contribution in [0, 0.1) is 0 Å². The Morgan fingerprint density at radius 1 is 1.38 bits per heavy atom. The number of carbonyl (C=O) groups is 2. The van der Waals surface area contributed by atoms with Crippen molar-refractivity contribution in [2.24, 2.45) is 5.73 Å². The smallest absolute Gasteiger partial charge is 0.254 e. The second-order valence-corrected chi connectivity index (χ2v) is 8.78. The van der Waals surface area contributed by atoms with Gasteiger partial charge in [-0.2, -0.15) is 0 Å². The van der Waals surface area contributed by atoms with Gasteiger partial charge in [0.1, 0.15) is 12.1 Å². The molecule has 3 atom stereocenters. The molecule has 0 radical (unpaired) electrons. The molecule has 0 spiro atoms. The molecule has 1 saturated heterocycles. The van der Waals surface area contributed by atoms with Crippen molar-refractivity contribution in [2.45, 2.75) is 56.5 Å². The molecule has 6 nitrogen and oxygen atoms in total. The molecule has 1 fully saturated rings. The third-order valence-corrected chi connectivity index (χ3v) is 5.97. The first-order valence-electron chi connectivity index (χ1n) is 8.97. The molecule has 1 aromatic carbocycles. The van der Waals surface area contributed by atoms with Gasteiger partial charge in [0, 0.05) is 17.3 Å². The molecule has 1 aliphatic rings. The van der Waals surface area contributed by atoms with Gasteiger partial charge in [0.05, 0.1) is 5.88 Å². The molecular weight excluding hydrogens is 350 g/mol. The molecule has 1 heterocycles. The van der Waals surface area contributed by atoms with E-state index in [9.17, 15) is 14.7 Å². The van der Waals surface area contributed by atoms with Crippen molar-refractivity contribution in [3.8, 4) is 0 Å². The molecule has 1 aliphatic heterocycles. The number of benzene rings is 1. The summed E-state index contributed by atoms with van der Waals surface area (Å²) in [6, 6.07) is 8.16. The summed E-state index contributed by atoms with van der Waals surface area (Å²) in [5.74, 6) is -0.298. The second-order valence-electron chi connectivity index (χ2n) is 7.18. The average molecular weight is 380 g/mol. The third-order valence-electron chi connectivity index (χ3n) is 4.60. The zero-order chi connectivity index (χ0) is 19.3. The summed E-state index contributed by atoms with van der Waals surface area (Å²) in [6.07, 6.45) is -0.124. The molecule has 0 saturated carbocycles. The average Bonchev–Trinajstić information content (AvgIpc) is 2.94. The predicted molar refractivity (Wildman–Crippen MR) is 105 cm³/mol. The van der Waals surface area contributed by atoms with Gasteiger partial charge < -0.3 is 21.1 Å². The summed E-state index contributed by atoms with van der Waals surface area (Å²) in [5.41, 5.74) is 7.04. The van der Waals surface area contributed by atoms with Crippen LogP contribution in [0.15, 0.2) is 30.3 Å². The highest BCUT2D eigenvalue weighted by Gasteiger charge is 2.49. The maximum Gasteiger partial charge on any atom is 0.254 e. The quantitative estimate of drug-likeness (QED) is 0.660. The maximum atomic E-state index is 12.9. The lowest BCUT2D eigenvalue weighted by Crippen LogP contribution is -2.57. The number of thioether (sulfide) groups is 1. The molecule has 0 bridgehead atoms. The van der Waals surface area contributed by atoms with Crippen molar-refractivity contribution in [2.75, 3.05) is 12.4 Å². The summed E-state index contributed by atoms with van der Waals surface area (Å²) in [7, 11) is 0. The van der Waals surface area contributed by atoms with E-state index < -0.39 is 28.8 Å². The van der Waals surface area contributed by atoms with E-state index in [0.29, 0.717) is 18.8 Å². The molecule has 7 heteroatoms.